The minimum Gasteiger partial charge on any atom is -0.383 e. The zero-order valence-corrected chi connectivity index (χ0v) is 18.3. The van der Waals surface area contributed by atoms with Gasteiger partial charge in [0.25, 0.3) is 11.5 Å². The van der Waals surface area contributed by atoms with Gasteiger partial charge in [-0.3, -0.25) is 14.5 Å². The van der Waals surface area contributed by atoms with E-state index >= 15 is 0 Å². The molecule has 1 N–H and O–H groups in total. The van der Waals surface area contributed by atoms with Crippen LogP contribution in [0, 0.1) is 12.8 Å². The second kappa shape index (κ2) is 10.5. The molecule has 162 valence electrons. The van der Waals surface area contributed by atoms with E-state index < -0.39 is 0 Å². The number of amides is 1. The number of carbonyl (C=O) groups is 1. The molecular formula is C24H33N3O3. The van der Waals surface area contributed by atoms with Crippen LogP contribution in [0.4, 0.5) is 0 Å². The fourth-order valence-electron chi connectivity index (χ4n) is 4.00. The summed E-state index contributed by atoms with van der Waals surface area (Å²) in [5, 5.41) is 0. The van der Waals surface area contributed by atoms with Crippen LogP contribution in [0.3, 0.4) is 0 Å². The van der Waals surface area contributed by atoms with Crippen LogP contribution < -0.4 is 5.56 Å². The standard InChI is InChI=1S/C24H33N3O3/c1-18-4-9-22(23(28)25-18)24(29)27-12-10-20(11-13-27)16-19-5-7-21(8-6-19)17-26(2)14-15-30-3/h4-9,20H,10-17H2,1-3H3,(H,25,28). The van der Waals surface area contributed by atoms with Gasteiger partial charge >= 0.3 is 0 Å². The van der Waals surface area contributed by atoms with Crippen molar-refractivity contribution in [3.63, 3.8) is 0 Å². The molecule has 1 aromatic carbocycles. The molecule has 6 heteroatoms. The zero-order valence-electron chi connectivity index (χ0n) is 18.3. The molecule has 0 spiro atoms. The Morgan fingerprint density at radius 1 is 1.13 bits per heavy atom. The number of nitrogens with zero attached hydrogens (tertiary/aromatic N) is 2. The zero-order chi connectivity index (χ0) is 21.5. The van der Waals surface area contributed by atoms with E-state index in [0.29, 0.717) is 19.0 Å². The van der Waals surface area contributed by atoms with Crippen molar-refractivity contribution in [3.8, 4) is 0 Å². The number of aromatic amines is 1. The topological polar surface area (TPSA) is 65.6 Å². The number of hydrogen-bond acceptors (Lipinski definition) is 4. The van der Waals surface area contributed by atoms with Gasteiger partial charge in [-0.2, -0.15) is 0 Å². The lowest BCUT2D eigenvalue weighted by molar-refractivity contribution is 0.0688. The Labute approximate surface area is 178 Å². The van der Waals surface area contributed by atoms with Crippen molar-refractivity contribution in [2.24, 2.45) is 5.92 Å². The molecule has 1 aromatic heterocycles. The van der Waals surface area contributed by atoms with Crippen molar-refractivity contribution < 1.29 is 9.53 Å². The molecule has 0 radical (unpaired) electrons. The number of nitrogens with one attached hydrogen (secondary N) is 1. The van der Waals surface area contributed by atoms with E-state index in [9.17, 15) is 9.59 Å². The van der Waals surface area contributed by atoms with Crippen LogP contribution in [-0.4, -0.2) is 61.1 Å². The normalized spacial score (nSPS) is 15.0. The number of aryl methyl sites for hydroxylation is 1. The van der Waals surface area contributed by atoms with Crippen LogP contribution in [0.2, 0.25) is 0 Å². The summed E-state index contributed by atoms with van der Waals surface area (Å²) < 4.78 is 5.13. The van der Waals surface area contributed by atoms with E-state index in [1.807, 2.05) is 11.8 Å². The lowest BCUT2D eigenvalue weighted by Crippen LogP contribution is -2.41. The minimum absolute atomic E-state index is 0.156. The molecule has 1 amide bonds. The molecular weight excluding hydrogens is 378 g/mol. The monoisotopic (exact) mass is 411 g/mol. The molecule has 1 aliphatic heterocycles. The maximum atomic E-state index is 12.7. The summed E-state index contributed by atoms with van der Waals surface area (Å²) in [6.07, 6.45) is 2.97. The van der Waals surface area contributed by atoms with Crippen molar-refractivity contribution in [2.75, 3.05) is 40.4 Å². The number of H-pyrrole nitrogens is 1. The first-order valence-electron chi connectivity index (χ1n) is 10.7. The van der Waals surface area contributed by atoms with Crippen LogP contribution >= 0.6 is 0 Å². The van der Waals surface area contributed by atoms with Gasteiger partial charge in [-0.25, -0.2) is 0 Å². The molecule has 1 aliphatic rings. The molecule has 30 heavy (non-hydrogen) atoms. The third kappa shape index (κ3) is 6.03. The fraction of sp³-hybridized carbons (Fsp3) is 0.500. The SMILES string of the molecule is COCCN(C)Cc1ccc(CC2CCN(C(=O)c3ccc(C)[nH]c3=O)CC2)cc1. The molecule has 0 atom stereocenters. The lowest BCUT2D eigenvalue weighted by atomic mass is 9.89. The van der Waals surface area contributed by atoms with Gasteiger partial charge in [-0.1, -0.05) is 24.3 Å². The van der Waals surface area contributed by atoms with Crippen molar-refractivity contribution in [3.05, 3.63) is 69.1 Å². The number of likely N-dealkylation sites (N-methyl/N-ethyl adjacent to an activating group) is 1. The summed E-state index contributed by atoms with van der Waals surface area (Å²) in [5.74, 6) is 0.414. The number of carbonyl (C=O) groups excluding carboxylic acids is 1. The summed E-state index contributed by atoms with van der Waals surface area (Å²) >= 11 is 0. The molecule has 2 aromatic rings. The van der Waals surface area contributed by atoms with Crippen molar-refractivity contribution >= 4 is 5.91 Å². The number of rotatable bonds is 8. The molecule has 1 saturated heterocycles. The molecule has 1 fully saturated rings. The predicted octanol–water partition coefficient (Wildman–Crippen LogP) is 2.86. The summed E-state index contributed by atoms with van der Waals surface area (Å²) in [4.78, 5) is 31.5. The van der Waals surface area contributed by atoms with Gasteiger partial charge in [0.15, 0.2) is 0 Å². The Balaban J connectivity index is 1.48. The van der Waals surface area contributed by atoms with Gasteiger partial charge in [-0.05, 0) is 62.4 Å². The smallest absolute Gasteiger partial charge is 0.260 e. The van der Waals surface area contributed by atoms with E-state index in [-0.39, 0.29) is 17.0 Å². The highest BCUT2D eigenvalue weighted by atomic mass is 16.5. The third-order valence-corrected chi connectivity index (χ3v) is 5.86. The Morgan fingerprint density at radius 2 is 1.80 bits per heavy atom. The number of methoxy groups -OCH3 is 1. The van der Waals surface area contributed by atoms with Gasteiger partial charge in [0.05, 0.1) is 6.61 Å². The lowest BCUT2D eigenvalue weighted by Gasteiger charge is -2.32. The van der Waals surface area contributed by atoms with E-state index in [1.54, 1.807) is 19.2 Å². The van der Waals surface area contributed by atoms with Gasteiger partial charge in [-0.15, -0.1) is 0 Å². The summed E-state index contributed by atoms with van der Waals surface area (Å²) in [5.41, 5.74) is 3.36. The first-order valence-corrected chi connectivity index (χ1v) is 10.7. The average molecular weight is 412 g/mol. The second-order valence-corrected chi connectivity index (χ2v) is 8.37. The summed E-state index contributed by atoms with van der Waals surface area (Å²) in [6.45, 7) is 5.81. The van der Waals surface area contributed by atoms with E-state index in [2.05, 4.69) is 41.2 Å². The second-order valence-electron chi connectivity index (χ2n) is 8.37. The fourth-order valence-corrected chi connectivity index (χ4v) is 4.00. The van der Waals surface area contributed by atoms with Crippen molar-refractivity contribution in [1.82, 2.24) is 14.8 Å². The highest BCUT2D eigenvalue weighted by Crippen LogP contribution is 2.23. The summed E-state index contributed by atoms with van der Waals surface area (Å²) in [7, 11) is 3.83. The quantitative estimate of drug-likeness (QED) is 0.725. The highest BCUT2D eigenvalue weighted by molar-refractivity contribution is 5.93. The van der Waals surface area contributed by atoms with Crippen molar-refractivity contribution in [1.29, 1.82) is 0 Å². The highest BCUT2D eigenvalue weighted by Gasteiger charge is 2.25. The number of aromatic nitrogens is 1. The van der Waals surface area contributed by atoms with E-state index in [0.717, 1.165) is 44.7 Å². The minimum atomic E-state index is -0.296. The van der Waals surface area contributed by atoms with Crippen LogP contribution in [0.5, 0.6) is 0 Å². The van der Waals surface area contributed by atoms with E-state index in [1.165, 1.54) is 11.1 Å². The van der Waals surface area contributed by atoms with Crippen LogP contribution in [-0.2, 0) is 17.7 Å². The van der Waals surface area contributed by atoms with Crippen molar-refractivity contribution in [2.45, 2.75) is 32.7 Å². The summed E-state index contributed by atoms with van der Waals surface area (Å²) in [6, 6.07) is 12.3. The van der Waals surface area contributed by atoms with Crippen LogP contribution in [0.15, 0.2) is 41.2 Å². The number of hydrogen-bond donors (Lipinski definition) is 1. The largest absolute Gasteiger partial charge is 0.383 e. The number of piperidine rings is 1. The average Bonchev–Trinajstić information content (AvgIpc) is 2.74. The first kappa shape index (κ1) is 22.2. The molecule has 2 heterocycles. The van der Waals surface area contributed by atoms with Crippen LogP contribution in [0.1, 0.15) is 40.0 Å². The number of benzene rings is 1. The predicted molar refractivity (Wildman–Crippen MR) is 119 cm³/mol. The maximum Gasteiger partial charge on any atom is 0.260 e. The van der Waals surface area contributed by atoms with Gasteiger partial charge in [0.2, 0.25) is 0 Å². The molecule has 6 nitrogen and oxygen atoms in total. The molecule has 0 saturated carbocycles. The molecule has 0 unspecified atom stereocenters. The molecule has 0 aliphatic carbocycles. The number of likely N-dealkylation sites (tertiary alicyclic amines) is 1. The Hall–Kier alpha value is -2.44. The van der Waals surface area contributed by atoms with E-state index in [4.69, 9.17) is 4.74 Å². The number of ether oxygens (including phenoxy) is 1. The number of pyridine rings is 1. The Bertz CT molecular complexity index is 883. The maximum absolute atomic E-state index is 12.7. The molecule has 3 rings (SSSR count). The van der Waals surface area contributed by atoms with Gasteiger partial charge in [0, 0.05) is 39.0 Å². The Kier molecular flexibility index (Phi) is 7.82. The van der Waals surface area contributed by atoms with Crippen LogP contribution in [0.25, 0.3) is 0 Å². The van der Waals surface area contributed by atoms with Gasteiger partial charge < -0.3 is 14.6 Å². The van der Waals surface area contributed by atoms with Gasteiger partial charge in [0.1, 0.15) is 5.56 Å². The first-order chi connectivity index (χ1) is 14.5. The molecule has 0 bridgehead atoms. The Morgan fingerprint density at radius 3 is 2.43 bits per heavy atom. The third-order valence-electron chi connectivity index (χ3n) is 5.86.